The molecule has 1 unspecified atom stereocenters. The Balaban J connectivity index is 2.10. The molecule has 0 heterocycles. The second-order valence-corrected chi connectivity index (χ2v) is 8.43. The van der Waals surface area contributed by atoms with Gasteiger partial charge in [0.15, 0.2) is 13.6 Å². The Bertz CT molecular complexity index is 1110. The first-order valence-electron chi connectivity index (χ1n) is 9.40. The molecular formula is C24H23O5P. The SMILES string of the molecule is COc1cccc(OC)c1C(=O)[PH](=O)c1c(C)ccc(C(=O)c2ccccc2)c1C. The van der Waals surface area contributed by atoms with E-state index in [1.54, 1.807) is 68.4 Å². The molecule has 1 atom stereocenters. The van der Waals surface area contributed by atoms with Crippen LogP contribution >= 0.6 is 7.80 Å². The number of aryl methyl sites for hydroxylation is 1. The zero-order valence-electron chi connectivity index (χ0n) is 17.3. The van der Waals surface area contributed by atoms with Crippen molar-refractivity contribution in [1.82, 2.24) is 0 Å². The summed E-state index contributed by atoms with van der Waals surface area (Å²) in [5.41, 5.74) is 1.79. The summed E-state index contributed by atoms with van der Waals surface area (Å²) < 4.78 is 24.0. The predicted octanol–water partition coefficient (Wildman–Crippen LogP) is 4.58. The lowest BCUT2D eigenvalue weighted by Crippen LogP contribution is -2.17. The van der Waals surface area contributed by atoms with Gasteiger partial charge in [-0.05, 0) is 37.1 Å². The first-order valence-corrected chi connectivity index (χ1v) is 10.8. The minimum absolute atomic E-state index is 0.143. The molecule has 0 aliphatic carbocycles. The van der Waals surface area contributed by atoms with Gasteiger partial charge in [0.25, 0.3) is 0 Å². The van der Waals surface area contributed by atoms with Gasteiger partial charge in [0, 0.05) is 16.4 Å². The average molecular weight is 422 g/mol. The molecule has 154 valence electrons. The molecule has 0 saturated carbocycles. The van der Waals surface area contributed by atoms with E-state index in [1.165, 1.54) is 14.2 Å². The van der Waals surface area contributed by atoms with E-state index in [0.29, 0.717) is 39.1 Å². The van der Waals surface area contributed by atoms with E-state index in [2.05, 4.69) is 0 Å². The predicted molar refractivity (Wildman–Crippen MR) is 118 cm³/mol. The second kappa shape index (κ2) is 9.10. The number of benzene rings is 3. The van der Waals surface area contributed by atoms with Crippen molar-refractivity contribution in [3.05, 3.63) is 88.5 Å². The number of rotatable bonds is 7. The number of methoxy groups -OCH3 is 2. The number of hydrogen-bond donors (Lipinski definition) is 0. The Morgan fingerprint density at radius 1 is 0.800 bits per heavy atom. The van der Waals surface area contributed by atoms with Gasteiger partial charge in [-0.1, -0.05) is 48.5 Å². The summed E-state index contributed by atoms with van der Waals surface area (Å²) in [5.74, 6) is 0.417. The van der Waals surface area contributed by atoms with Crippen molar-refractivity contribution in [2.75, 3.05) is 14.2 Å². The molecule has 6 heteroatoms. The molecule has 0 aliphatic heterocycles. The highest BCUT2D eigenvalue weighted by molar-refractivity contribution is 7.71. The third-order valence-corrected chi connectivity index (χ3v) is 6.93. The zero-order chi connectivity index (χ0) is 21.8. The van der Waals surface area contributed by atoms with Crippen LogP contribution in [-0.2, 0) is 4.57 Å². The summed E-state index contributed by atoms with van der Waals surface area (Å²) in [4.78, 5) is 26.2. The van der Waals surface area contributed by atoms with Crippen molar-refractivity contribution in [2.45, 2.75) is 13.8 Å². The highest BCUT2D eigenvalue weighted by Crippen LogP contribution is 2.38. The zero-order valence-corrected chi connectivity index (χ0v) is 18.3. The molecule has 0 saturated heterocycles. The maximum atomic E-state index is 13.4. The van der Waals surface area contributed by atoms with Crippen LogP contribution in [0.15, 0.2) is 60.7 Å². The van der Waals surface area contributed by atoms with Crippen LogP contribution in [0.5, 0.6) is 11.5 Å². The van der Waals surface area contributed by atoms with Crippen molar-refractivity contribution in [3.63, 3.8) is 0 Å². The van der Waals surface area contributed by atoms with Crippen LogP contribution in [0, 0.1) is 13.8 Å². The lowest BCUT2D eigenvalue weighted by atomic mass is 9.97. The fourth-order valence-electron chi connectivity index (χ4n) is 3.49. The smallest absolute Gasteiger partial charge is 0.230 e. The third kappa shape index (κ3) is 3.94. The summed E-state index contributed by atoms with van der Waals surface area (Å²) in [6, 6.07) is 17.3. The molecule has 0 spiro atoms. The van der Waals surface area contributed by atoms with Crippen molar-refractivity contribution < 1.29 is 23.6 Å². The standard InChI is InChI=1S/C24H23O5P/c1-15-13-14-18(22(25)17-9-6-5-7-10-17)16(2)23(15)30(27)24(26)21-19(28-3)11-8-12-20(21)29-4/h5-14,30H,1-4H3. The number of ketones is 1. The van der Waals surface area contributed by atoms with Gasteiger partial charge in [0.2, 0.25) is 5.52 Å². The fourth-order valence-corrected chi connectivity index (χ4v) is 5.11. The van der Waals surface area contributed by atoms with Gasteiger partial charge in [-0.15, -0.1) is 0 Å². The molecule has 0 fully saturated rings. The van der Waals surface area contributed by atoms with Crippen LogP contribution in [0.1, 0.15) is 37.4 Å². The molecule has 5 nitrogen and oxygen atoms in total. The molecule has 0 amide bonds. The van der Waals surface area contributed by atoms with Gasteiger partial charge in [-0.2, -0.15) is 0 Å². The van der Waals surface area contributed by atoms with Crippen molar-refractivity contribution in [3.8, 4) is 11.5 Å². The summed E-state index contributed by atoms with van der Waals surface area (Å²) in [7, 11) is -0.0732. The van der Waals surface area contributed by atoms with Crippen LogP contribution in [0.3, 0.4) is 0 Å². The Labute approximate surface area is 176 Å². The van der Waals surface area contributed by atoms with Gasteiger partial charge >= 0.3 is 0 Å². The minimum Gasteiger partial charge on any atom is -0.496 e. The number of hydrogen-bond acceptors (Lipinski definition) is 5. The van der Waals surface area contributed by atoms with Crippen LogP contribution in [0.25, 0.3) is 0 Å². The Morgan fingerprint density at radius 2 is 1.40 bits per heavy atom. The monoisotopic (exact) mass is 422 g/mol. The molecule has 0 aromatic heterocycles. The molecule has 3 rings (SSSR count). The Kier molecular flexibility index (Phi) is 6.53. The van der Waals surface area contributed by atoms with E-state index in [0.717, 1.165) is 0 Å². The first-order chi connectivity index (χ1) is 14.4. The van der Waals surface area contributed by atoms with E-state index >= 15 is 0 Å². The van der Waals surface area contributed by atoms with Gasteiger partial charge in [0.05, 0.1) is 14.2 Å². The van der Waals surface area contributed by atoms with Crippen LogP contribution < -0.4 is 14.8 Å². The lowest BCUT2D eigenvalue weighted by Gasteiger charge is -2.16. The number of carbonyl (C=O) groups excluding carboxylic acids is 2. The van der Waals surface area contributed by atoms with Crippen molar-refractivity contribution in [1.29, 1.82) is 0 Å². The molecule has 0 aliphatic rings. The normalized spacial score (nSPS) is 11.6. The Hall–Kier alpha value is -3.17. The van der Waals surface area contributed by atoms with E-state index in [1.807, 2.05) is 6.07 Å². The molecule has 3 aromatic carbocycles. The minimum atomic E-state index is -2.96. The van der Waals surface area contributed by atoms with Gasteiger partial charge in [-0.25, -0.2) is 0 Å². The lowest BCUT2D eigenvalue weighted by molar-refractivity contribution is 0.103. The van der Waals surface area contributed by atoms with Crippen molar-refractivity contribution in [2.24, 2.45) is 0 Å². The third-order valence-electron chi connectivity index (χ3n) is 5.04. The second-order valence-electron chi connectivity index (χ2n) is 6.82. The molecule has 30 heavy (non-hydrogen) atoms. The van der Waals surface area contributed by atoms with Gasteiger partial charge in [-0.3, -0.25) is 9.59 Å². The van der Waals surface area contributed by atoms with Crippen LogP contribution in [0.4, 0.5) is 0 Å². The molecule has 3 aromatic rings. The van der Waals surface area contributed by atoms with E-state index in [9.17, 15) is 14.2 Å². The average Bonchev–Trinajstić information content (AvgIpc) is 2.78. The quantitative estimate of drug-likeness (QED) is 0.412. The van der Waals surface area contributed by atoms with Crippen molar-refractivity contribution >= 4 is 24.4 Å². The highest BCUT2D eigenvalue weighted by Gasteiger charge is 2.28. The van der Waals surface area contributed by atoms with Gasteiger partial charge in [0.1, 0.15) is 17.1 Å². The number of carbonyl (C=O) groups is 2. The fraction of sp³-hybridized carbons (Fsp3) is 0.167. The summed E-state index contributed by atoms with van der Waals surface area (Å²) in [5, 5.41) is 0.403. The largest absolute Gasteiger partial charge is 0.496 e. The van der Waals surface area contributed by atoms with E-state index in [4.69, 9.17) is 9.47 Å². The summed E-state index contributed by atoms with van der Waals surface area (Å²) in [6.07, 6.45) is 0. The highest BCUT2D eigenvalue weighted by atomic mass is 31.1. The molecule has 0 radical (unpaired) electrons. The Morgan fingerprint density at radius 3 is 1.97 bits per heavy atom. The molecular weight excluding hydrogens is 399 g/mol. The summed E-state index contributed by atoms with van der Waals surface area (Å²) in [6.45, 7) is 3.52. The van der Waals surface area contributed by atoms with Crippen LogP contribution in [-0.4, -0.2) is 25.5 Å². The maximum Gasteiger partial charge on any atom is 0.230 e. The van der Waals surface area contributed by atoms with E-state index in [-0.39, 0.29) is 11.3 Å². The topological polar surface area (TPSA) is 69.7 Å². The van der Waals surface area contributed by atoms with Gasteiger partial charge < -0.3 is 14.0 Å². The first kappa shape index (κ1) is 21.5. The van der Waals surface area contributed by atoms with E-state index < -0.39 is 13.3 Å². The molecule has 0 bridgehead atoms. The number of ether oxygens (including phenoxy) is 2. The summed E-state index contributed by atoms with van der Waals surface area (Å²) >= 11 is 0. The molecule has 0 N–H and O–H groups in total. The maximum absolute atomic E-state index is 13.4. The van der Waals surface area contributed by atoms with Crippen LogP contribution in [0.2, 0.25) is 0 Å².